The van der Waals surface area contributed by atoms with Gasteiger partial charge in [-0.25, -0.2) is 4.39 Å². The number of piperazine rings is 1. The predicted octanol–water partition coefficient (Wildman–Crippen LogP) is 2.76. The van der Waals surface area contributed by atoms with Crippen molar-refractivity contribution in [2.45, 2.75) is 26.8 Å². The van der Waals surface area contributed by atoms with Crippen molar-refractivity contribution >= 4 is 57.7 Å². The van der Waals surface area contributed by atoms with E-state index in [1.807, 2.05) is 11.0 Å². The number of carbonyl (C=O) groups is 2. The molecule has 1 fully saturated rings. The standard InChI is InChI=1S/C25H26Cl2FN7O4/c1-14-22(33-7-5-32(6-8-33)15(2)36)24(38)35-25(30-23(31-35)16-3-9-39-10-4-16)34(14)13-21(37)29-20-12-19(28)17(26)11-18(20)27/h3,11-12H,4-10,13H2,1-2H3,(H,29,37). The first kappa shape index (κ1) is 27.1. The van der Waals surface area contributed by atoms with Gasteiger partial charge in [0.2, 0.25) is 17.6 Å². The molecule has 2 aliphatic heterocycles. The van der Waals surface area contributed by atoms with Gasteiger partial charge >= 0.3 is 0 Å². The van der Waals surface area contributed by atoms with Crippen molar-refractivity contribution in [1.82, 2.24) is 24.1 Å². The van der Waals surface area contributed by atoms with Crippen molar-refractivity contribution < 1.29 is 18.7 Å². The Morgan fingerprint density at radius 3 is 2.56 bits per heavy atom. The summed E-state index contributed by atoms with van der Waals surface area (Å²) in [6.45, 7) is 5.73. The summed E-state index contributed by atoms with van der Waals surface area (Å²) in [5.74, 6) is -0.703. The minimum atomic E-state index is -0.725. The second kappa shape index (κ2) is 10.9. The second-order valence-electron chi connectivity index (χ2n) is 9.31. The van der Waals surface area contributed by atoms with E-state index in [2.05, 4.69) is 15.4 Å². The Morgan fingerprint density at radius 2 is 1.90 bits per heavy atom. The molecule has 1 aromatic carbocycles. The summed E-state index contributed by atoms with van der Waals surface area (Å²) in [5.41, 5.74) is 1.41. The molecule has 4 heterocycles. The van der Waals surface area contributed by atoms with Crippen molar-refractivity contribution in [1.29, 1.82) is 0 Å². The molecule has 0 atom stereocenters. The lowest BCUT2D eigenvalue weighted by Crippen LogP contribution is -2.50. The fraction of sp³-hybridized carbons (Fsp3) is 0.400. The maximum atomic E-state index is 14.0. The lowest BCUT2D eigenvalue weighted by atomic mass is 10.1. The maximum absolute atomic E-state index is 14.0. The van der Waals surface area contributed by atoms with Crippen molar-refractivity contribution in [3.05, 3.63) is 55.9 Å². The first-order valence-electron chi connectivity index (χ1n) is 12.4. The highest BCUT2D eigenvalue weighted by atomic mass is 35.5. The predicted molar refractivity (Wildman–Crippen MR) is 145 cm³/mol. The molecule has 2 amide bonds. The van der Waals surface area contributed by atoms with Crippen LogP contribution in [0.15, 0.2) is 23.0 Å². The number of benzene rings is 1. The van der Waals surface area contributed by atoms with Crippen LogP contribution in [0.25, 0.3) is 11.4 Å². The van der Waals surface area contributed by atoms with Crippen molar-refractivity contribution in [3.8, 4) is 0 Å². The van der Waals surface area contributed by atoms with Crippen LogP contribution >= 0.6 is 23.2 Å². The molecule has 11 nitrogen and oxygen atoms in total. The van der Waals surface area contributed by atoms with Gasteiger partial charge in [0, 0.05) is 44.9 Å². The van der Waals surface area contributed by atoms with Gasteiger partial charge in [0.05, 0.1) is 28.9 Å². The summed E-state index contributed by atoms with van der Waals surface area (Å²) >= 11 is 11.9. The molecule has 5 rings (SSSR count). The third kappa shape index (κ3) is 5.36. The SMILES string of the molecule is CC(=O)N1CCN(c2c(C)n(CC(=O)Nc3cc(F)c(Cl)cc3Cl)c3nc(C4=CCOCC4)nn3c2=O)CC1. The highest BCUT2D eigenvalue weighted by Crippen LogP contribution is 2.29. The van der Waals surface area contributed by atoms with E-state index in [1.165, 1.54) is 17.5 Å². The number of nitrogens with one attached hydrogen (secondary N) is 1. The molecule has 2 aliphatic rings. The fourth-order valence-corrected chi connectivity index (χ4v) is 5.19. The van der Waals surface area contributed by atoms with Crippen LogP contribution in [0.3, 0.4) is 0 Å². The molecule has 1 N–H and O–H groups in total. The van der Waals surface area contributed by atoms with Crippen LogP contribution < -0.4 is 15.8 Å². The van der Waals surface area contributed by atoms with Gasteiger partial charge in [-0.05, 0) is 25.0 Å². The molecule has 0 saturated carbocycles. The quantitative estimate of drug-likeness (QED) is 0.464. The summed E-state index contributed by atoms with van der Waals surface area (Å²) in [4.78, 5) is 46.9. The number of ether oxygens (including phenoxy) is 1. The van der Waals surface area contributed by atoms with E-state index in [9.17, 15) is 18.8 Å². The van der Waals surface area contributed by atoms with E-state index in [1.54, 1.807) is 16.4 Å². The third-order valence-corrected chi connectivity index (χ3v) is 7.45. The summed E-state index contributed by atoms with van der Waals surface area (Å²) in [6, 6.07) is 2.26. The minimum absolute atomic E-state index is 0.0288. The number of aromatic nitrogens is 4. The van der Waals surface area contributed by atoms with Crippen LogP contribution in [0.1, 0.15) is 24.9 Å². The molecule has 0 unspecified atom stereocenters. The molecule has 0 bridgehead atoms. The number of anilines is 2. The van der Waals surface area contributed by atoms with Gasteiger partial charge in [-0.2, -0.15) is 9.50 Å². The third-order valence-electron chi connectivity index (χ3n) is 6.85. The monoisotopic (exact) mass is 577 g/mol. The Kier molecular flexibility index (Phi) is 7.61. The summed E-state index contributed by atoms with van der Waals surface area (Å²) in [6.07, 6.45) is 2.46. The van der Waals surface area contributed by atoms with Crippen LogP contribution in [-0.4, -0.2) is 75.3 Å². The summed E-state index contributed by atoms with van der Waals surface area (Å²) in [7, 11) is 0. The average molecular weight is 578 g/mol. The van der Waals surface area contributed by atoms with Gasteiger partial charge < -0.3 is 24.4 Å². The zero-order chi connectivity index (χ0) is 27.8. The highest BCUT2D eigenvalue weighted by Gasteiger charge is 2.27. The van der Waals surface area contributed by atoms with Crippen LogP contribution in [0, 0.1) is 12.7 Å². The smallest absolute Gasteiger partial charge is 0.299 e. The maximum Gasteiger partial charge on any atom is 0.299 e. The molecule has 2 aromatic heterocycles. The second-order valence-corrected chi connectivity index (χ2v) is 10.1. The van der Waals surface area contributed by atoms with Crippen LogP contribution in [0.2, 0.25) is 10.0 Å². The number of hydrogen-bond acceptors (Lipinski definition) is 7. The van der Waals surface area contributed by atoms with Crippen LogP contribution in [0.5, 0.6) is 0 Å². The zero-order valence-corrected chi connectivity index (χ0v) is 22.9. The van der Waals surface area contributed by atoms with Gasteiger partial charge in [0.1, 0.15) is 18.0 Å². The van der Waals surface area contributed by atoms with E-state index < -0.39 is 11.7 Å². The Morgan fingerprint density at radius 1 is 1.15 bits per heavy atom. The molecule has 0 aliphatic carbocycles. The van der Waals surface area contributed by atoms with Gasteiger partial charge in [0.25, 0.3) is 5.56 Å². The Labute approximate surface area is 232 Å². The number of rotatable bonds is 5. The molecular formula is C25H26Cl2FN7O4. The van der Waals surface area contributed by atoms with Gasteiger partial charge in [-0.3, -0.25) is 14.4 Å². The lowest BCUT2D eigenvalue weighted by molar-refractivity contribution is -0.129. The molecule has 39 heavy (non-hydrogen) atoms. The van der Waals surface area contributed by atoms with Gasteiger partial charge in [-0.1, -0.05) is 29.3 Å². The van der Waals surface area contributed by atoms with E-state index in [-0.39, 0.29) is 39.5 Å². The Balaban J connectivity index is 1.56. The molecule has 0 radical (unpaired) electrons. The van der Waals surface area contributed by atoms with E-state index in [0.29, 0.717) is 63.0 Å². The fourth-order valence-electron chi connectivity index (χ4n) is 4.76. The van der Waals surface area contributed by atoms with E-state index in [4.69, 9.17) is 27.9 Å². The minimum Gasteiger partial charge on any atom is -0.377 e. The average Bonchev–Trinajstić information content (AvgIpc) is 3.36. The Hall–Kier alpha value is -3.48. The molecule has 3 aromatic rings. The lowest BCUT2D eigenvalue weighted by Gasteiger charge is -2.36. The Bertz CT molecular complexity index is 1560. The zero-order valence-electron chi connectivity index (χ0n) is 21.3. The normalized spacial score (nSPS) is 16.0. The van der Waals surface area contributed by atoms with Crippen LogP contribution in [0.4, 0.5) is 15.8 Å². The molecule has 206 valence electrons. The first-order chi connectivity index (χ1) is 18.6. The van der Waals surface area contributed by atoms with Crippen molar-refractivity contribution in [2.24, 2.45) is 0 Å². The number of amides is 2. The first-order valence-corrected chi connectivity index (χ1v) is 13.1. The number of fused-ring (bicyclic) bond motifs is 1. The van der Waals surface area contributed by atoms with E-state index in [0.717, 1.165) is 11.6 Å². The van der Waals surface area contributed by atoms with Gasteiger partial charge in [0.15, 0.2) is 5.82 Å². The largest absolute Gasteiger partial charge is 0.377 e. The topological polar surface area (TPSA) is 114 Å². The number of nitrogens with zero attached hydrogens (tertiary/aromatic N) is 6. The van der Waals surface area contributed by atoms with Crippen molar-refractivity contribution in [3.63, 3.8) is 0 Å². The van der Waals surface area contributed by atoms with E-state index >= 15 is 0 Å². The number of halogens is 3. The summed E-state index contributed by atoms with van der Waals surface area (Å²) < 4.78 is 22.2. The molecular weight excluding hydrogens is 552 g/mol. The molecule has 1 saturated heterocycles. The van der Waals surface area contributed by atoms with Crippen molar-refractivity contribution in [2.75, 3.05) is 49.6 Å². The van der Waals surface area contributed by atoms with Gasteiger partial charge in [-0.15, -0.1) is 5.10 Å². The highest BCUT2D eigenvalue weighted by molar-refractivity contribution is 6.36. The van der Waals surface area contributed by atoms with Crippen LogP contribution in [-0.2, 0) is 20.9 Å². The molecule has 14 heteroatoms. The number of carbonyl (C=O) groups excluding carboxylic acids is 2. The number of hydrogen-bond donors (Lipinski definition) is 1. The summed E-state index contributed by atoms with van der Waals surface area (Å²) in [5, 5.41) is 7.03. The molecule has 0 spiro atoms.